The fraction of sp³-hybridized carbons (Fsp3) is 0.389. The minimum atomic E-state index is -0.228. The number of carbonyl (C=O) groups is 1. The molecule has 1 aromatic heterocycles. The molecule has 1 aromatic carbocycles. The van der Waals surface area contributed by atoms with Crippen LogP contribution in [0.1, 0.15) is 28.8 Å². The molecule has 0 saturated heterocycles. The molecule has 1 saturated carbocycles. The van der Waals surface area contributed by atoms with E-state index in [1.807, 2.05) is 12.1 Å². The van der Waals surface area contributed by atoms with Crippen molar-refractivity contribution in [2.24, 2.45) is 0 Å². The Morgan fingerprint density at radius 2 is 2.22 bits per heavy atom. The van der Waals surface area contributed by atoms with Gasteiger partial charge in [0.25, 0.3) is 0 Å². The minimum absolute atomic E-state index is 0.00515. The molecule has 1 aliphatic rings. The van der Waals surface area contributed by atoms with E-state index in [2.05, 4.69) is 21.7 Å². The number of aryl methyl sites for hydroxylation is 1. The molecule has 1 fully saturated rings. The number of benzene rings is 1. The summed E-state index contributed by atoms with van der Waals surface area (Å²) >= 11 is 1.72. The molecule has 0 atom stereocenters. The average molecular weight is 332 g/mol. The highest BCUT2D eigenvalue weighted by molar-refractivity contribution is 7.09. The highest BCUT2D eigenvalue weighted by Crippen LogP contribution is 2.28. The topological polar surface area (TPSA) is 32.3 Å². The summed E-state index contributed by atoms with van der Waals surface area (Å²) in [7, 11) is 0. The van der Waals surface area contributed by atoms with Crippen LogP contribution in [0, 0.1) is 12.7 Å². The maximum absolute atomic E-state index is 13.5. The fourth-order valence-corrected chi connectivity index (χ4v) is 3.27. The summed E-state index contributed by atoms with van der Waals surface area (Å²) in [5.74, 6) is -0.233. The van der Waals surface area contributed by atoms with Gasteiger partial charge in [0, 0.05) is 24.0 Å². The normalized spacial score (nSPS) is 14.2. The molecule has 0 aliphatic heterocycles. The molecule has 1 N–H and O–H groups in total. The average Bonchev–Trinajstić information content (AvgIpc) is 3.26. The van der Waals surface area contributed by atoms with E-state index in [-0.39, 0.29) is 11.7 Å². The van der Waals surface area contributed by atoms with Crippen LogP contribution >= 0.6 is 11.3 Å². The van der Waals surface area contributed by atoms with Gasteiger partial charge < -0.3 is 5.32 Å². The third kappa shape index (κ3) is 4.62. The third-order valence-corrected chi connectivity index (χ3v) is 4.94. The monoisotopic (exact) mass is 332 g/mol. The van der Waals surface area contributed by atoms with E-state index in [4.69, 9.17) is 0 Å². The zero-order valence-electron chi connectivity index (χ0n) is 13.2. The van der Waals surface area contributed by atoms with Gasteiger partial charge in [-0.2, -0.15) is 0 Å². The van der Waals surface area contributed by atoms with Gasteiger partial charge in [0.05, 0.1) is 6.54 Å². The summed E-state index contributed by atoms with van der Waals surface area (Å²) in [4.78, 5) is 15.7. The van der Waals surface area contributed by atoms with Crippen molar-refractivity contribution in [3.05, 3.63) is 57.5 Å². The third-order valence-electron chi connectivity index (χ3n) is 4.07. The summed E-state index contributed by atoms with van der Waals surface area (Å²) in [5.41, 5.74) is 1.41. The molecule has 23 heavy (non-hydrogen) atoms. The van der Waals surface area contributed by atoms with Crippen molar-refractivity contribution < 1.29 is 9.18 Å². The smallest absolute Gasteiger partial charge is 0.234 e. The van der Waals surface area contributed by atoms with E-state index in [0.29, 0.717) is 24.7 Å². The second-order valence-electron chi connectivity index (χ2n) is 6.08. The van der Waals surface area contributed by atoms with E-state index in [1.54, 1.807) is 24.3 Å². The van der Waals surface area contributed by atoms with Crippen LogP contribution in [0.25, 0.3) is 0 Å². The standard InChI is InChI=1S/C18H21FN2OS/c1-13-4-5-14(9-17(13)19)10-20-18(22)12-21(15-6-7-15)11-16-3-2-8-23-16/h2-5,8-9,15H,6-7,10-12H2,1H3,(H,20,22). The number of amides is 1. The maximum atomic E-state index is 13.5. The molecule has 3 rings (SSSR count). The van der Waals surface area contributed by atoms with Gasteiger partial charge in [-0.15, -0.1) is 11.3 Å². The molecule has 0 radical (unpaired) electrons. The van der Waals surface area contributed by atoms with Gasteiger partial charge in [-0.25, -0.2) is 4.39 Å². The van der Waals surface area contributed by atoms with E-state index in [9.17, 15) is 9.18 Å². The van der Waals surface area contributed by atoms with Crippen LogP contribution in [0.4, 0.5) is 4.39 Å². The van der Waals surface area contributed by atoms with Gasteiger partial charge in [-0.3, -0.25) is 9.69 Å². The molecule has 0 bridgehead atoms. The number of rotatable bonds is 7. The lowest BCUT2D eigenvalue weighted by molar-refractivity contribution is -0.122. The largest absolute Gasteiger partial charge is 0.351 e. The molecule has 1 amide bonds. The van der Waals surface area contributed by atoms with Crippen LogP contribution in [0.15, 0.2) is 35.7 Å². The van der Waals surface area contributed by atoms with Crippen molar-refractivity contribution in [3.63, 3.8) is 0 Å². The van der Waals surface area contributed by atoms with Crippen LogP contribution < -0.4 is 5.32 Å². The Kier molecular flexibility index (Phi) is 5.08. The first kappa shape index (κ1) is 16.1. The highest BCUT2D eigenvalue weighted by atomic mass is 32.1. The molecule has 3 nitrogen and oxygen atoms in total. The molecule has 1 heterocycles. The van der Waals surface area contributed by atoms with Crippen molar-refractivity contribution in [1.82, 2.24) is 10.2 Å². The van der Waals surface area contributed by atoms with Gasteiger partial charge in [0.2, 0.25) is 5.91 Å². The summed E-state index contributed by atoms with van der Waals surface area (Å²) < 4.78 is 13.5. The first-order valence-electron chi connectivity index (χ1n) is 7.90. The lowest BCUT2D eigenvalue weighted by Gasteiger charge is -2.20. The predicted octanol–water partition coefficient (Wildman–Crippen LogP) is 3.48. The number of hydrogen-bond donors (Lipinski definition) is 1. The maximum Gasteiger partial charge on any atom is 0.234 e. The Labute approximate surface area is 140 Å². The van der Waals surface area contributed by atoms with E-state index >= 15 is 0 Å². The molecule has 1 aliphatic carbocycles. The Morgan fingerprint density at radius 3 is 2.87 bits per heavy atom. The Hall–Kier alpha value is -1.72. The van der Waals surface area contributed by atoms with Crippen molar-refractivity contribution in [2.75, 3.05) is 6.54 Å². The lowest BCUT2D eigenvalue weighted by Crippen LogP contribution is -2.37. The van der Waals surface area contributed by atoms with Crippen molar-refractivity contribution in [3.8, 4) is 0 Å². The summed E-state index contributed by atoms with van der Waals surface area (Å²) in [6.45, 7) is 3.33. The molecular formula is C18H21FN2OS. The van der Waals surface area contributed by atoms with Gasteiger partial charge in [0.1, 0.15) is 5.82 Å². The van der Waals surface area contributed by atoms with Crippen LogP contribution in [0.2, 0.25) is 0 Å². The molecule has 122 valence electrons. The zero-order valence-corrected chi connectivity index (χ0v) is 14.0. The van der Waals surface area contributed by atoms with E-state index in [1.165, 1.54) is 23.8 Å². The number of nitrogens with zero attached hydrogens (tertiary/aromatic N) is 1. The van der Waals surface area contributed by atoms with Crippen molar-refractivity contribution >= 4 is 17.2 Å². The van der Waals surface area contributed by atoms with Gasteiger partial charge in [-0.05, 0) is 48.4 Å². The Bertz CT molecular complexity index is 668. The molecular weight excluding hydrogens is 311 g/mol. The predicted molar refractivity (Wildman–Crippen MR) is 90.7 cm³/mol. The first-order valence-corrected chi connectivity index (χ1v) is 8.78. The van der Waals surface area contributed by atoms with Crippen LogP contribution in [0.5, 0.6) is 0 Å². The number of thiophene rings is 1. The second-order valence-corrected chi connectivity index (χ2v) is 7.11. The van der Waals surface area contributed by atoms with E-state index < -0.39 is 0 Å². The minimum Gasteiger partial charge on any atom is -0.351 e. The molecule has 0 spiro atoms. The van der Waals surface area contributed by atoms with Crippen molar-refractivity contribution in [2.45, 2.75) is 38.9 Å². The van der Waals surface area contributed by atoms with Gasteiger partial charge in [-0.1, -0.05) is 18.2 Å². The zero-order chi connectivity index (χ0) is 16.2. The molecule has 5 heteroatoms. The summed E-state index contributed by atoms with van der Waals surface area (Å²) in [6, 6.07) is 9.75. The first-order chi connectivity index (χ1) is 11.1. The van der Waals surface area contributed by atoms with Gasteiger partial charge >= 0.3 is 0 Å². The SMILES string of the molecule is Cc1ccc(CNC(=O)CN(Cc2cccs2)C2CC2)cc1F. The van der Waals surface area contributed by atoms with Crippen LogP contribution in [-0.2, 0) is 17.9 Å². The summed E-state index contributed by atoms with van der Waals surface area (Å²) in [5, 5.41) is 4.96. The fourth-order valence-electron chi connectivity index (χ4n) is 2.54. The van der Waals surface area contributed by atoms with Crippen LogP contribution in [-0.4, -0.2) is 23.4 Å². The number of hydrogen-bond acceptors (Lipinski definition) is 3. The van der Waals surface area contributed by atoms with Gasteiger partial charge in [0.15, 0.2) is 0 Å². The number of nitrogens with one attached hydrogen (secondary N) is 1. The Balaban J connectivity index is 1.51. The second kappa shape index (κ2) is 7.23. The molecule has 0 unspecified atom stereocenters. The number of carbonyl (C=O) groups excluding carboxylic acids is 1. The summed E-state index contributed by atoms with van der Waals surface area (Å²) in [6.07, 6.45) is 2.34. The lowest BCUT2D eigenvalue weighted by atomic mass is 10.1. The highest BCUT2D eigenvalue weighted by Gasteiger charge is 2.30. The quantitative estimate of drug-likeness (QED) is 0.842. The van der Waals surface area contributed by atoms with E-state index in [0.717, 1.165) is 12.1 Å². The number of halogens is 1. The van der Waals surface area contributed by atoms with Crippen molar-refractivity contribution in [1.29, 1.82) is 0 Å². The Morgan fingerprint density at radius 1 is 1.39 bits per heavy atom. The molecule has 2 aromatic rings. The van der Waals surface area contributed by atoms with Crippen LogP contribution in [0.3, 0.4) is 0 Å².